The van der Waals surface area contributed by atoms with E-state index in [9.17, 15) is 4.79 Å². The number of carbonyl (C=O) groups excluding carboxylic acids is 1. The van der Waals surface area contributed by atoms with E-state index >= 15 is 0 Å². The van der Waals surface area contributed by atoms with Gasteiger partial charge in [0.05, 0.1) is 0 Å². The molecule has 0 bridgehead atoms. The molecule has 3 heteroatoms. The van der Waals surface area contributed by atoms with Crippen LogP contribution in [0.4, 0.5) is 0 Å². The van der Waals surface area contributed by atoms with E-state index in [1.807, 2.05) is 20.8 Å². The van der Waals surface area contributed by atoms with Gasteiger partial charge in [0.1, 0.15) is 5.60 Å². The first-order chi connectivity index (χ1) is 6.95. The van der Waals surface area contributed by atoms with E-state index in [4.69, 9.17) is 11.7 Å². The van der Waals surface area contributed by atoms with Gasteiger partial charge in [-0.25, -0.2) is 0 Å². The monoisotopic (exact) mass is 213 g/mol. The van der Waals surface area contributed by atoms with Gasteiger partial charge >= 0.3 is 5.97 Å². The number of ether oxygens (including phenoxy) is 1. The van der Waals surface area contributed by atoms with Crippen LogP contribution in [-0.2, 0) is 9.53 Å². The van der Waals surface area contributed by atoms with Gasteiger partial charge in [-0.15, -0.1) is 0 Å². The molecule has 15 heavy (non-hydrogen) atoms. The Bertz CT molecular complexity index is 173. The van der Waals surface area contributed by atoms with Gasteiger partial charge < -0.3 is 10.1 Å². The Hall–Kier alpha value is -0.570. The molecule has 0 amide bonds. The van der Waals surface area contributed by atoms with E-state index < -0.39 is 0 Å². The minimum atomic E-state index is -0.371. The minimum absolute atomic E-state index is 0.122. The number of hydrogen-bond donors (Lipinski definition) is 1. The van der Waals surface area contributed by atoms with Crippen LogP contribution < -0.4 is 5.32 Å². The van der Waals surface area contributed by atoms with Gasteiger partial charge in [-0.3, -0.25) is 4.79 Å². The zero-order valence-corrected chi connectivity index (χ0v) is 10.1. The van der Waals surface area contributed by atoms with Crippen LogP contribution in [0.1, 0.15) is 46.5 Å². The first-order valence-electron chi connectivity index (χ1n) is 5.58. The first-order valence-corrected chi connectivity index (χ1v) is 5.58. The van der Waals surface area contributed by atoms with Crippen LogP contribution in [-0.4, -0.2) is 24.7 Å². The van der Waals surface area contributed by atoms with Gasteiger partial charge in [0.15, 0.2) is 0 Å². The third kappa shape index (κ3) is 11.4. The summed E-state index contributed by atoms with van der Waals surface area (Å²) in [6, 6.07) is 0. The molecular weight excluding hydrogens is 190 g/mol. The fraction of sp³-hybridized carbons (Fsp3) is 0.833. The van der Waals surface area contributed by atoms with E-state index in [1.165, 1.54) is 0 Å². The van der Waals surface area contributed by atoms with Crippen molar-refractivity contribution in [2.45, 2.75) is 52.1 Å². The Labute approximate surface area is 93.6 Å². The highest BCUT2D eigenvalue weighted by Gasteiger charge is 2.15. The fourth-order valence-electron chi connectivity index (χ4n) is 1.10. The number of nitrogens with one attached hydrogen (secondary N) is 1. The third-order valence-electron chi connectivity index (χ3n) is 1.71. The first kappa shape index (κ1) is 14.4. The van der Waals surface area contributed by atoms with Crippen LogP contribution in [0.3, 0.4) is 0 Å². The number of hydrogen-bond acceptors (Lipinski definition) is 3. The summed E-state index contributed by atoms with van der Waals surface area (Å²) in [5.74, 6) is -0.122. The normalized spacial score (nSPS) is 11.5. The molecule has 3 nitrogen and oxygen atoms in total. The van der Waals surface area contributed by atoms with Crippen molar-refractivity contribution in [2.24, 2.45) is 0 Å². The molecular formula is C12H23NO2. The van der Waals surface area contributed by atoms with Gasteiger partial charge in [-0.1, -0.05) is 0 Å². The zero-order valence-electron chi connectivity index (χ0n) is 10.1. The molecule has 0 aliphatic rings. The van der Waals surface area contributed by atoms with Gasteiger partial charge in [0.2, 0.25) is 0 Å². The lowest BCUT2D eigenvalue weighted by Gasteiger charge is -2.19. The number of esters is 1. The van der Waals surface area contributed by atoms with Crippen molar-refractivity contribution >= 4 is 5.97 Å². The lowest BCUT2D eigenvalue weighted by Crippen LogP contribution is -2.24. The molecule has 0 aromatic heterocycles. The Morgan fingerprint density at radius 3 is 2.40 bits per heavy atom. The molecule has 0 aliphatic carbocycles. The largest absolute Gasteiger partial charge is 0.460 e. The number of rotatable bonds is 7. The van der Waals surface area contributed by atoms with Crippen molar-refractivity contribution in [3.63, 3.8) is 0 Å². The van der Waals surface area contributed by atoms with Gasteiger partial charge in [-0.2, -0.15) is 0 Å². The van der Waals surface area contributed by atoms with Crippen molar-refractivity contribution in [1.82, 2.24) is 5.32 Å². The maximum absolute atomic E-state index is 11.3. The van der Waals surface area contributed by atoms with Crippen LogP contribution in [0, 0.1) is 6.92 Å². The van der Waals surface area contributed by atoms with Crippen LogP contribution >= 0.6 is 0 Å². The average molecular weight is 213 g/mol. The summed E-state index contributed by atoms with van der Waals surface area (Å²) in [6.07, 6.45) is 2.98. The second-order valence-electron chi connectivity index (χ2n) is 4.58. The maximum Gasteiger partial charge on any atom is 0.306 e. The molecule has 88 valence electrons. The fourth-order valence-corrected chi connectivity index (χ4v) is 1.10. The Balaban J connectivity index is 3.32. The van der Waals surface area contributed by atoms with Gasteiger partial charge in [0, 0.05) is 6.42 Å². The summed E-state index contributed by atoms with van der Waals surface area (Å²) in [5, 5.41) is 3.22. The lowest BCUT2D eigenvalue weighted by atomic mass is 10.2. The highest BCUT2D eigenvalue weighted by atomic mass is 16.6. The van der Waals surface area contributed by atoms with E-state index in [0.29, 0.717) is 12.8 Å². The summed E-state index contributed by atoms with van der Waals surface area (Å²) >= 11 is 0. The Morgan fingerprint density at radius 2 is 1.87 bits per heavy atom. The Kier molecular flexibility index (Phi) is 7.39. The molecule has 0 aromatic rings. The highest BCUT2D eigenvalue weighted by Crippen LogP contribution is 2.08. The zero-order chi connectivity index (χ0) is 11.7. The molecule has 2 radical (unpaired) electrons. The number of carbonyl (C=O) groups is 1. The van der Waals surface area contributed by atoms with E-state index in [1.54, 1.807) is 0 Å². The smallest absolute Gasteiger partial charge is 0.306 e. The molecule has 0 saturated carbocycles. The summed E-state index contributed by atoms with van der Waals surface area (Å²) in [5.41, 5.74) is -0.371. The molecule has 0 atom stereocenters. The van der Waals surface area contributed by atoms with Crippen molar-refractivity contribution in [3.05, 3.63) is 6.92 Å². The van der Waals surface area contributed by atoms with Crippen molar-refractivity contribution in [3.8, 4) is 0 Å². The molecule has 0 unspecified atom stereocenters. The Morgan fingerprint density at radius 1 is 1.27 bits per heavy atom. The van der Waals surface area contributed by atoms with Crippen LogP contribution in [0.25, 0.3) is 0 Å². The molecule has 0 rings (SSSR count). The van der Waals surface area contributed by atoms with Gasteiger partial charge in [0.25, 0.3) is 0 Å². The van der Waals surface area contributed by atoms with Crippen LogP contribution in [0.2, 0.25) is 0 Å². The molecule has 0 saturated heterocycles. The van der Waals surface area contributed by atoms with Crippen LogP contribution in [0.15, 0.2) is 0 Å². The number of unbranched alkanes of at least 4 members (excludes halogenated alkanes) is 1. The topological polar surface area (TPSA) is 38.3 Å². The van der Waals surface area contributed by atoms with E-state index in [0.717, 1.165) is 25.9 Å². The SMILES string of the molecule is [CH]CCCNCCCC(=O)OC(C)(C)C. The molecule has 0 fully saturated rings. The predicted octanol–water partition coefficient (Wildman–Crippen LogP) is 2.19. The lowest BCUT2D eigenvalue weighted by molar-refractivity contribution is -0.154. The van der Waals surface area contributed by atoms with Crippen molar-refractivity contribution in [1.29, 1.82) is 0 Å². The van der Waals surface area contributed by atoms with Crippen molar-refractivity contribution in [2.75, 3.05) is 13.1 Å². The second-order valence-corrected chi connectivity index (χ2v) is 4.58. The maximum atomic E-state index is 11.3. The molecule has 0 aromatic carbocycles. The molecule has 1 N–H and O–H groups in total. The second kappa shape index (κ2) is 7.69. The molecule has 0 heterocycles. The van der Waals surface area contributed by atoms with Crippen molar-refractivity contribution < 1.29 is 9.53 Å². The average Bonchev–Trinajstić information content (AvgIpc) is 2.08. The standard InChI is InChI=1S/C12H23NO2/c1-5-6-9-13-10-7-8-11(14)15-12(2,3)4/h1,13H,5-10H2,2-4H3. The van der Waals surface area contributed by atoms with Gasteiger partial charge in [-0.05, 0) is 60.0 Å². The third-order valence-corrected chi connectivity index (χ3v) is 1.71. The van der Waals surface area contributed by atoms with E-state index in [2.05, 4.69) is 5.32 Å². The summed E-state index contributed by atoms with van der Waals surface area (Å²) < 4.78 is 5.18. The summed E-state index contributed by atoms with van der Waals surface area (Å²) in [6.45, 7) is 12.8. The summed E-state index contributed by atoms with van der Waals surface area (Å²) in [7, 11) is 0. The van der Waals surface area contributed by atoms with E-state index in [-0.39, 0.29) is 11.6 Å². The molecule has 0 aliphatic heterocycles. The highest BCUT2D eigenvalue weighted by molar-refractivity contribution is 5.69. The summed E-state index contributed by atoms with van der Waals surface area (Å²) in [4.78, 5) is 11.3. The quantitative estimate of drug-likeness (QED) is 0.520. The van der Waals surface area contributed by atoms with Crippen LogP contribution in [0.5, 0.6) is 0 Å². The minimum Gasteiger partial charge on any atom is -0.460 e. The predicted molar refractivity (Wildman–Crippen MR) is 61.5 cm³/mol. The molecule has 0 spiro atoms.